The van der Waals surface area contributed by atoms with E-state index in [1.807, 2.05) is 97.1 Å². The van der Waals surface area contributed by atoms with Gasteiger partial charge in [-0.1, -0.05) is 185 Å². The van der Waals surface area contributed by atoms with Crippen LogP contribution in [0.2, 0.25) is 25.1 Å². The fraction of sp³-hybridized carbons (Fsp3) is 0. The zero-order valence-electron chi connectivity index (χ0n) is 21.8. The van der Waals surface area contributed by atoms with Crippen LogP contribution in [-0.4, -0.2) is 0 Å². The van der Waals surface area contributed by atoms with Crippen LogP contribution < -0.4 is 0 Å². The normalized spacial score (nSPS) is 10.1. The van der Waals surface area contributed by atoms with Gasteiger partial charge in [-0.2, -0.15) is 0 Å². The Morgan fingerprint density at radius 1 is 0.244 bits per heavy atom. The number of rotatable bonds is 3. The Morgan fingerprint density at radius 2 is 0.537 bits per heavy atom. The molecule has 0 aliphatic rings. The van der Waals surface area contributed by atoms with Crippen molar-refractivity contribution in [2.24, 2.45) is 0 Å². The first kappa shape index (κ1) is 30.7. The minimum atomic E-state index is 0.535. The molecule has 0 amide bonds. The summed E-state index contributed by atoms with van der Waals surface area (Å²) in [5, 5.41) is 3.18. The third kappa shape index (κ3) is 8.63. The van der Waals surface area contributed by atoms with Crippen molar-refractivity contribution in [2.45, 2.75) is 0 Å². The first-order valence-corrected chi connectivity index (χ1v) is 14.6. The van der Waals surface area contributed by atoms with Crippen LogP contribution in [0.4, 0.5) is 0 Å². The van der Waals surface area contributed by atoms with Crippen molar-refractivity contribution in [3.8, 4) is 33.4 Å². The van der Waals surface area contributed by atoms with Crippen LogP contribution in [0.15, 0.2) is 152 Å². The molecule has 0 heterocycles. The zero-order valence-corrected chi connectivity index (χ0v) is 25.6. The Balaban J connectivity index is 0.000000142. The Morgan fingerprint density at radius 3 is 0.927 bits per heavy atom. The average Bonchev–Trinajstić information content (AvgIpc) is 3.01. The smallest absolute Gasteiger partial charge is 0.0671 e. The zero-order chi connectivity index (χ0) is 29.0. The molecule has 6 aromatic carbocycles. The summed E-state index contributed by atoms with van der Waals surface area (Å²) in [6, 6.07) is 49.2. The molecule has 0 nitrogen and oxygen atoms in total. The van der Waals surface area contributed by atoms with E-state index < -0.39 is 0 Å². The van der Waals surface area contributed by atoms with Crippen LogP contribution in [0, 0.1) is 0 Å². The lowest BCUT2D eigenvalue weighted by Crippen LogP contribution is -1.81. The summed E-state index contributed by atoms with van der Waals surface area (Å²) in [4.78, 5) is 0. The summed E-state index contributed by atoms with van der Waals surface area (Å²) in [6.07, 6.45) is 0. The van der Waals surface area contributed by atoms with Gasteiger partial charge in [0.15, 0.2) is 0 Å². The molecule has 41 heavy (non-hydrogen) atoms. The van der Waals surface area contributed by atoms with E-state index in [0.717, 1.165) is 32.3 Å². The molecule has 0 fully saturated rings. The van der Waals surface area contributed by atoms with Gasteiger partial charge >= 0.3 is 0 Å². The Bertz CT molecular complexity index is 1600. The summed E-state index contributed by atoms with van der Waals surface area (Å²) in [5.74, 6) is 0. The van der Waals surface area contributed by atoms with E-state index in [1.54, 1.807) is 6.07 Å². The van der Waals surface area contributed by atoms with E-state index in [0.29, 0.717) is 15.1 Å². The second-order valence-corrected chi connectivity index (χ2v) is 10.8. The van der Waals surface area contributed by atoms with Crippen LogP contribution in [0.5, 0.6) is 0 Å². The quantitative estimate of drug-likeness (QED) is 0.182. The summed E-state index contributed by atoms with van der Waals surface area (Å²) >= 11 is 30.3. The van der Waals surface area contributed by atoms with Gasteiger partial charge in [0.25, 0.3) is 0 Å². The highest BCUT2D eigenvalue weighted by Crippen LogP contribution is 2.36. The molecule has 6 rings (SSSR count). The van der Waals surface area contributed by atoms with Gasteiger partial charge in [-0.05, 0) is 35.4 Å². The van der Waals surface area contributed by atoms with Crippen molar-refractivity contribution in [3.05, 3.63) is 177 Å². The standard InChI is InChI=1S/C12H7Cl3.C12H8Cl2.C12H10/c13-10-6-2-1-4-8(10)9-5-3-7-11(14)12(9)15;13-11-7-3-1-5-9(11)10-6-2-4-8-12(10)14;1-3-7-11(8-4-1)12-9-5-2-6-10-12/h1-7H;1-8H;1-10H. The first-order valence-electron chi connectivity index (χ1n) is 12.7. The minimum Gasteiger partial charge on any atom is -0.0837 e. The monoisotopic (exact) mass is 632 g/mol. The molecular formula is C36H25Cl5. The summed E-state index contributed by atoms with van der Waals surface area (Å²) in [6.45, 7) is 0. The molecule has 5 heteroatoms. The SMILES string of the molecule is Clc1ccccc1-c1cccc(Cl)c1Cl.Clc1ccccc1-c1ccccc1Cl.c1ccc(-c2ccccc2)cc1. The molecule has 0 unspecified atom stereocenters. The Hall–Kier alpha value is -3.23. The maximum atomic E-state index is 6.11. The lowest BCUT2D eigenvalue weighted by molar-refractivity contribution is 1.61. The maximum Gasteiger partial charge on any atom is 0.0671 e. The first-order chi connectivity index (χ1) is 20.0. The summed E-state index contributed by atoms with van der Waals surface area (Å²) < 4.78 is 0. The summed E-state index contributed by atoms with van der Waals surface area (Å²) in [5.41, 5.74) is 6.25. The van der Waals surface area contributed by atoms with Gasteiger partial charge in [-0.15, -0.1) is 0 Å². The average molecular weight is 635 g/mol. The highest BCUT2D eigenvalue weighted by Gasteiger charge is 2.09. The molecule has 0 aliphatic heterocycles. The van der Waals surface area contributed by atoms with E-state index in [9.17, 15) is 0 Å². The van der Waals surface area contributed by atoms with Gasteiger partial charge in [0.1, 0.15) is 0 Å². The molecule has 6 aromatic rings. The van der Waals surface area contributed by atoms with Gasteiger partial charge in [-0.25, -0.2) is 0 Å². The van der Waals surface area contributed by atoms with E-state index >= 15 is 0 Å². The van der Waals surface area contributed by atoms with Crippen molar-refractivity contribution in [2.75, 3.05) is 0 Å². The molecule has 0 bridgehead atoms. The van der Waals surface area contributed by atoms with Gasteiger partial charge in [0.2, 0.25) is 0 Å². The molecule has 0 radical (unpaired) electrons. The number of hydrogen-bond acceptors (Lipinski definition) is 0. The molecule has 0 aliphatic carbocycles. The topological polar surface area (TPSA) is 0 Å². The van der Waals surface area contributed by atoms with Crippen molar-refractivity contribution in [3.63, 3.8) is 0 Å². The summed E-state index contributed by atoms with van der Waals surface area (Å²) in [7, 11) is 0. The van der Waals surface area contributed by atoms with Crippen LogP contribution in [0.3, 0.4) is 0 Å². The van der Waals surface area contributed by atoms with Gasteiger partial charge in [-0.3, -0.25) is 0 Å². The lowest BCUT2D eigenvalue weighted by Gasteiger charge is -2.07. The Labute approximate surface area is 266 Å². The fourth-order valence-electron chi connectivity index (χ4n) is 4.01. The van der Waals surface area contributed by atoms with Crippen LogP contribution in [0.25, 0.3) is 33.4 Å². The predicted octanol–water partition coefficient (Wildman–Crippen LogP) is 13.3. The number of hydrogen-bond donors (Lipinski definition) is 0. The van der Waals surface area contributed by atoms with Gasteiger partial charge in [0.05, 0.1) is 10.0 Å². The molecule has 0 saturated carbocycles. The molecule has 204 valence electrons. The predicted molar refractivity (Wildman–Crippen MR) is 181 cm³/mol. The van der Waals surface area contributed by atoms with Crippen molar-refractivity contribution >= 4 is 58.0 Å². The van der Waals surface area contributed by atoms with Crippen LogP contribution in [-0.2, 0) is 0 Å². The highest BCUT2D eigenvalue weighted by molar-refractivity contribution is 6.44. The van der Waals surface area contributed by atoms with Crippen molar-refractivity contribution in [1.82, 2.24) is 0 Å². The minimum absolute atomic E-state index is 0.535. The van der Waals surface area contributed by atoms with Crippen molar-refractivity contribution in [1.29, 1.82) is 0 Å². The van der Waals surface area contributed by atoms with Crippen LogP contribution in [0.1, 0.15) is 0 Å². The highest BCUT2D eigenvalue weighted by atomic mass is 35.5. The van der Waals surface area contributed by atoms with Gasteiger partial charge < -0.3 is 0 Å². The van der Waals surface area contributed by atoms with E-state index in [4.69, 9.17) is 58.0 Å². The van der Waals surface area contributed by atoms with E-state index in [1.165, 1.54) is 11.1 Å². The Kier molecular flexibility index (Phi) is 11.8. The third-order valence-electron chi connectivity index (χ3n) is 6.03. The largest absolute Gasteiger partial charge is 0.0837 e. The third-order valence-corrected chi connectivity index (χ3v) is 7.84. The molecule has 0 spiro atoms. The number of halogens is 5. The maximum absolute atomic E-state index is 6.11. The van der Waals surface area contributed by atoms with Gasteiger partial charge in [0, 0.05) is 37.3 Å². The van der Waals surface area contributed by atoms with E-state index in [2.05, 4.69) is 48.5 Å². The van der Waals surface area contributed by atoms with E-state index in [-0.39, 0.29) is 0 Å². The molecule has 0 atom stereocenters. The lowest BCUT2D eigenvalue weighted by atomic mass is 10.1. The number of benzene rings is 6. The molecule has 0 N–H and O–H groups in total. The fourth-order valence-corrected chi connectivity index (χ4v) is 5.13. The van der Waals surface area contributed by atoms with Crippen LogP contribution >= 0.6 is 58.0 Å². The molecule has 0 aromatic heterocycles. The molecule has 0 saturated heterocycles. The second-order valence-electron chi connectivity index (χ2n) is 8.77. The molecular weight excluding hydrogens is 610 g/mol. The second kappa shape index (κ2) is 15.7. The van der Waals surface area contributed by atoms with Crippen molar-refractivity contribution < 1.29 is 0 Å².